The molecule has 1 aliphatic rings. The predicted molar refractivity (Wildman–Crippen MR) is 142 cm³/mol. The Morgan fingerprint density at radius 2 is 1.53 bits per heavy atom. The van der Waals surface area contributed by atoms with Crippen LogP contribution in [0.2, 0.25) is 0 Å². The summed E-state index contributed by atoms with van der Waals surface area (Å²) in [4.78, 5) is 27.5. The van der Waals surface area contributed by atoms with E-state index in [9.17, 15) is 23.5 Å². The number of carbonyl (C=O) groups is 2. The number of halogens is 2. The van der Waals surface area contributed by atoms with Crippen molar-refractivity contribution in [3.63, 3.8) is 0 Å². The van der Waals surface area contributed by atoms with Crippen molar-refractivity contribution in [2.75, 3.05) is 0 Å². The van der Waals surface area contributed by atoms with Crippen LogP contribution in [0.25, 0.3) is 11.1 Å². The first-order valence-electron chi connectivity index (χ1n) is 12.6. The average molecular weight is 522 g/mol. The molecule has 1 amide bonds. The average Bonchev–Trinajstić information content (AvgIpc) is 3.29. The summed E-state index contributed by atoms with van der Waals surface area (Å²) in [5.41, 5.74) is 6.07. The van der Waals surface area contributed by atoms with Crippen molar-refractivity contribution in [1.29, 1.82) is 0 Å². The molecule has 7 heteroatoms. The van der Waals surface area contributed by atoms with Crippen molar-refractivity contribution in [2.24, 2.45) is 0 Å². The van der Waals surface area contributed by atoms with Crippen LogP contribution in [-0.4, -0.2) is 27.5 Å². The lowest BCUT2D eigenvalue weighted by molar-refractivity contribution is -0.160. The molecule has 1 aliphatic heterocycles. The fourth-order valence-electron chi connectivity index (χ4n) is 5.20. The van der Waals surface area contributed by atoms with E-state index < -0.39 is 35.2 Å². The lowest BCUT2D eigenvalue weighted by atomic mass is 9.83. The van der Waals surface area contributed by atoms with Gasteiger partial charge >= 0.3 is 5.97 Å². The van der Waals surface area contributed by atoms with Gasteiger partial charge in [0.05, 0.1) is 5.60 Å². The van der Waals surface area contributed by atoms with Gasteiger partial charge in [0.25, 0.3) is 5.91 Å². The van der Waals surface area contributed by atoms with Gasteiger partial charge in [0.2, 0.25) is 0 Å². The molecule has 38 heavy (non-hydrogen) atoms. The maximum absolute atomic E-state index is 14.1. The molecule has 1 N–H and O–H groups in total. The number of aryl methyl sites for hydroxylation is 2. The summed E-state index contributed by atoms with van der Waals surface area (Å²) in [5.74, 6) is -3.55. The molecule has 0 spiro atoms. The van der Waals surface area contributed by atoms with Crippen LogP contribution >= 0.6 is 0 Å². The molecule has 0 saturated heterocycles. The quantitative estimate of drug-likeness (QED) is 0.394. The maximum atomic E-state index is 14.1. The van der Waals surface area contributed by atoms with Crippen LogP contribution in [0.15, 0.2) is 36.4 Å². The van der Waals surface area contributed by atoms with Crippen LogP contribution in [0.1, 0.15) is 76.2 Å². The number of carboxylic acid groups (broad SMARTS) is 1. The largest absolute Gasteiger partial charge is 0.479 e. The van der Waals surface area contributed by atoms with Gasteiger partial charge in [0, 0.05) is 24.2 Å². The summed E-state index contributed by atoms with van der Waals surface area (Å²) in [6.07, 6.45) is -1.23. The Balaban J connectivity index is 1.88. The first-order valence-corrected chi connectivity index (χ1v) is 12.6. The van der Waals surface area contributed by atoms with Gasteiger partial charge in [-0.2, -0.15) is 0 Å². The Kier molecular flexibility index (Phi) is 7.19. The topological polar surface area (TPSA) is 66.8 Å². The van der Waals surface area contributed by atoms with Crippen molar-refractivity contribution >= 4 is 11.9 Å². The van der Waals surface area contributed by atoms with Gasteiger partial charge in [-0.1, -0.05) is 29.8 Å². The predicted octanol–water partition coefficient (Wildman–Crippen LogP) is 6.96. The summed E-state index contributed by atoms with van der Waals surface area (Å²) < 4.78 is 34.0. The van der Waals surface area contributed by atoms with Gasteiger partial charge in [-0.25, -0.2) is 13.6 Å². The Hall–Kier alpha value is -3.58. The third-order valence-corrected chi connectivity index (χ3v) is 7.06. The molecule has 0 unspecified atom stereocenters. The molecule has 1 atom stereocenters. The van der Waals surface area contributed by atoms with E-state index in [0.29, 0.717) is 5.56 Å². The fourth-order valence-corrected chi connectivity index (χ4v) is 5.20. The number of rotatable bonds is 5. The summed E-state index contributed by atoms with van der Waals surface area (Å²) in [5, 5.41) is 10.3. The van der Waals surface area contributed by atoms with E-state index in [4.69, 9.17) is 4.74 Å². The number of carboxylic acids is 1. The van der Waals surface area contributed by atoms with Crippen molar-refractivity contribution in [3.8, 4) is 11.1 Å². The molecule has 200 valence electrons. The third kappa shape index (κ3) is 5.07. The molecule has 0 bridgehead atoms. The zero-order valence-corrected chi connectivity index (χ0v) is 22.8. The molecule has 3 aromatic rings. The number of benzene rings is 3. The molecular formula is C31H33F2NO4. The van der Waals surface area contributed by atoms with Crippen molar-refractivity contribution < 1.29 is 28.2 Å². The fraction of sp³-hybridized carbons (Fsp3) is 0.355. The highest BCUT2D eigenvalue weighted by atomic mass is 19.2. The minimum Gasteiger partial charge on any atom is -0.479 e. The van der Waals surface area contributed by atoms with Gasteiger partial charge < -0.3 is 14.7 Å². The second-order valence-electron chi connectivity index (χ2n) is 11.1. The smallest absolute Gasteiger partial charge is 0.337 e. The summed E-state index contributed by atoms with van der Waals surface area (Å²) in [6, 6.07) is 10.2. The van der Waals surface area contributed by atoms with Gasteiger partial charge in [-0.15, -0.1) is 0 Å². The highest BCUT2D eigenvalue weighted by Crippen LogP contribution is 2.44. The Bertz CT molecular complexity index is 1410. The van der Waals surface area contributed by atoms with Crippen molar-refractivity contribution in [3.05, 3.63) is 92.5 Å². The van der Waals surface area contributed by atoms with Crippen molar-refractivity contribution in [2.45, 2.75) is 73.3 Å². The van der Waals surface area contributed by atoms with Gasteiger partial charge in [0.15, 0.2) is 17.7 Å². The second kappa shape index (κ2) is 9.95. The molecule has 0 aromatic heterocycles. The molecule has 5 nitrogen and oxygen atoms in total. The summed E-state index contributed by atoms with van der Waals surface area (Å²) in [6.45, 7) is 13.1. The Morgan fingerprint density at radius 3 is 2.05 bits per heavy atom. The number of amides is 1. The molecule has 0 saturated carbocycles. The van der Waals surface area contributed by atoms with Gasteiger partial charge in [0.1, 0.15) is 0 Å². The van der Waals surface area contributed by atoms with Crippen LogP contribution in [-0.2, 0) is 22.6 Å². The number of nitrogens with zero attached hydrogens (tertiary/aromatic N) is 1. The first kappa shape index (κ1) is 27.5. The number of hydrogen-bond donors (Lipinski definition) is 1. The highest BCUT2D eigenvalue weighted by Gasteiger charge is 2.36. The first-order chi connectivity index (χ1) is 17.7. The monoisotopic (exact) mass is 521 g/mol. The van der Waals surface area contributed by atoms with E-state index in [1.165, 1.54) is 13.0 Å². The minimum atomic E-state index is -1.23. The highest BCUT2D eigenvalue weighted by molar-refractivity contribution is 5.95. The lowest BCUT2D eigenvalue weighted by Gasteiger charge is -2.29. The Morgan fingerprint density at radius 1 is 0.947 bits per heavy atom. The van der Waals surface area contributed by atoms with Crippen LogP contribution in [0.5, 0.6) is 0 Å². The molecular weight excluding hydrogens is 488 g/mol. The molecule has 1 heterocycles. The minimum absolute atomic E-state index is 0.0602. The van der Waals surface area contributed by atoms with Crippen LogP contribution in [0.3, 0.4) is 0 Å². The van der Waals surface area contributed by atoms with Gasteiger partial charge in [-0.3, -0.25) is 4.79 Å². The third-order valence-electron chi connectivity index (χ3n) is 7.06. The molecule has 3 aromatic carbocycles. The second-order valence-corrected chi connectivity index (χ2v) is 11.1. The van der Waals surface area contributed by atoms with Crippen molar-refractivity contribution in [1.82, 2.24) is 4.90 Å². The van der Waals surface area contributed by atoms with E-state index in [1.54, 1.807) is 4.90 Å². The van der Waals surface area contributed by atoms with E-state index >= 15 is 0 Å². The lowest BCUT2D eigenvalue weighted by Crippen LogP contribution is -2.28. The molecule has 4 rings (SSSR count). The zero-order chi connectivity index (χ0) is 28.1. The number of ether oxygens (including phenoxy) is 1. The van der Waals surface area contributed by atoms with E-state index in [0.717, 1.165) is 45.0 Å². The standard InChI is InChI=1S/C31H33F2NO4/c1-16-8-10-20(11-9-16)25-18(3)22-14-34(29(35)21-12-17(2)27(33)24(32)13-21)15-23(22)19(4)26(25)28(30(36)37)38-31(5,6)7/h8-13,28H,14-15H2,1-7H3,(H,36,37)/t28-/m0/s1. The SMILES string of the molecule is Cc1ccc(-c2c(C)c3c(c(C)c2[C@H](OC(C)(C)C)C(=O)O)CN(C(=O)c2cc(C)c(F)c(F)c2)C3)cc1. The van der Waals surface area contributed by atoms with Crippen LogP contribution in [0, 0.1) is 39.3 Å². The number of aliphatic carboxylic acids is 1. The zero-order valence-electron chi connectivity index (χ0n) is 22.8. The number of fused-ring (bicyclic) bond motifs is 1. The number of carbonyl (C=O) groups excluding carboxylic acids is 1. The normalized spacial score (nSPS) is 14.0. The van der Waals surface area contributed by atoms with E-state index in [2.05, 4.69) is 0 Å². The summed E-state index contributed by atoms with van der Waals surface area (Å²) in [7, 11) is 0. The van der Waals surface area contributed by atoms with Crippen LogP contribution in [0.4, 0.5) is 8.78 Å². The van der Waals surface area contributed by atoms with E-state index in [1.807, 2.05) is 65.8 Å². The Labute approximate surface area is 222 Å². The summed E-state index contributed by atoms with van der Waals surface area (Å²) >= 11 is 0. The maximum Gasteiger partial charge on any atom is 0.337 e. The molecule has 0 aliphatic carbocycles. The molecule has 0 fully saturated rings. The van der Waals surface area contributed by atoms with Crippen LogP contribution < -0.4 is 0 Å². The number of hydrogen-bond acceptors (Lipinski definition) is 3. The van der Waals surface area contributed by atoms with Gasteiger partial charge in [-0.05, 0) is 99.5 Å². The van der Waals surface area contributed by atoms with E-state index in [-0.39, 0.29) is 24.2 Å². The molecule has 0 radical (unpaired) electrons.